The van der Waals surface area contributed by atoms with Crippen LogP contribution in [0.5, 0.6) is 5.75 Å². The number of ether oxygens (including phenoxy) is 2. The molecule has 1 aromatic carbocycles. The van der Waals surface area contributed by atoms with Gasteiger partial charge in [-0.25, -0.2) is 4.79 Å². The van der Waals surface area contributed by atoms with Crippen LogP contribution in [0, 0.1) is 17.3 Å². The highest BCUT2D eigenvalue weighted by Crippen LogP contribution is 2.61. The van der Waals surface area contributed by atoms with Crippen molar-refractivity contribution in [2.24, 2.45) is 17.3 Å². The van der Waals surface area contributed by atoms with Gasteiger partial charge in [0.15, 0.2) is 12.4 Å². The lowest BCUT2D eigenvalue weighted by Gasteiger charge is -2.51. The first-order valence-corrected chi connectivity index (χ1v) is 11.6. The monoisotopic (exact) mass is 448 g/mol. The van der Waals surface area contributed by atoms with Crippen LogP contribution in [0.25, 0.3) is 0 Å². The van der Waals surface area contributed by atoms with E-state index in [-0.39, 0.29) is 11.5 Å². The Morgan fingerprint density at radius 3 is 2.62 bits per heavy atom. The molecular weight excluding hydrogens is 416 g/mol. The molecule has 1 aromatic rings. The van der Waals surface area contributed by atoms with Crippen molar-refractivity contribution in [2.75, 3.05) is 0 Å². The summed E-state index contributed by atoms with van der Waals surface area (Å²) in [6.07, 6.45) is -2.38. The molecule has 3 aliphatic carbocycles. The molecule has 0 radical (unpaired) electrons. The summed E-state index contributed by atoms with van der Waals surface area (Å²) in [4.78, 5) is 11.4. The van der Waals surface area contributed by atoms with E-state index in [0.29, 0.717) is 23.5 Å². The first-order chi connectivity index (χ1) is 15.2. The van der Waals surface area contributed by atoms with Crippen molar-refractivity contribution < 1.29 is 39.8 Å². The number of fused-ring (bicyclic) bond motifs is 5. The third-order valence-corrected chi connectivity index (χ3v) is 8.73. The lowest BCUT2D eigenvalue weighted by Crippen LogP contribution is -2.61. The fourth-order valence-electron chi connectivity index (χ4n) is 7.07. The summed E-state index contributed by atoms with van der Waals surface area (Å²) in [5.41, 5.74) is 2.45. The number of phenols is 1. The van der Waals surface area contributed by atoms with E-state index in [1.165, 1.54) is 11.1 Å². The van der Waals surface area contributed by atoms with Gasteiger partial charge in [0.1, 0.15) is 24.1 Å². The quantitative estimate of drug-likeness (QED) is 0.470. The number of rotatable bonds is 3. The van der Waals surface area contributed by atoms with E-state index in [9.17, 15) is 30.3 Å². The number of carboxylic acids is 1. The summed E-state index contributed by atoms with van der Waals surface area (Å²) in [6.45, 7) is 2.22. The molecule has 0 amide bonds. The van der Waals surface area contributed by atoms with Gasteiger partial charge in [-0.05, 0) is 85.0 Å². The fraction of sp³-hybridized carbons (Fsp3) is 0.708. The van der Waals surface area contributed by atoms with Gasteiger partial charge in [0.05, 0.1) is 6.10 Å². The SMILES string of the molecule is C[C@@]12CC[C@H]3c4ccc(O)cc4CC[C@@H]3[C@H]1CC[C@H]2OC1OC(C(=O)O)C(O)C(O)C1O. The maximum atomic E-state index is 11.4. The lowest BCUT2D eigenvalue weighted by molar-refractivity contribution is -0.312. The predicted octanol–water partition coefficient (Wildman–Crippen LogP) is 1.53. The standard InChI is InChI=1S/C24H32O8/c1-24-9-8-14-13-5-3-12(25)10-11(13)2-4-15(14)16(24)6-7-17(24)31-23-20(28)18(26)19(27)21(32-23)22(29)30/h3,5,10,14-21,23,25-28H,2,4,6-9H2,1H3,(H,29,30)/t14-,15-,16+,17+,18?,19?,20?,21?,23?,24+/m0/s1. The maximum absolute atomic E-state index is 11.4. The van der Waals surface area contributed by atoms with E-state index in [1.54, 1.807) is 6.07 Å². The number of hydrogen-bond acceptors (Lipinski definition) is 7. The minimum atomic E-state index is -1.72. The summed E-state index contributed by atoms with van der Waals surface area (Å²) in [5, 5.41) is 49.6. The second-order valence-electron chi connectivity index (χ2n) is 10.3. The molecule has 10 atom stereocenters. The number of aryl methyl sites for hydroxylation is 1. The van der Waals surface area contributed by atoms with Crippen molar-refractivity contribution in [3.05, 3.63) is 29.3 Å². The molecule has 0 spiro atoms. The summed E-state index contributed by atoms with van der Waals surface area (Å²) >= 11 is 0. The smallest absolute Gasteiger partial charge is 0.335 e. The van der Waals surface area contributed by atoms with Crippen LogP contribution in [-0.4, -0.2) is 68.3 Å². The molecule has 1 heterocycles. The van der Waals surface area contributed by atoms with Gasteiger partial charge in [0.25, 0.3) is 0 Å². The van der Waals surface area contributed by atoms with Gasteiger partial charge in [0, 0.05) is 0 Å². The number of carbonyl (C=O) groups is 1. The molecule has 176 valence electrons. The molecule has 5 N–H and O–H groups in total. The van der Waals surface area contributed by atoms with Gasteiger partial charge in [-0.2, -0.15) is 0 Å². The van der Waals surface area contributed by atoms with Crippen molar-refractivity contribution in [2.45, 2.75) is 88.2 Å². The second kappa shape index (κ2) is 7.95. The van der Waals surface area contributed by atoms with Gasteiger partial charge < -0.3 is 35.0 Å². The molecule has 3 fully saturated rings. The van der Waals surface area contributed by atoms with Crippen LogP contribution in [0.15, 0.2) is 18.2 Å². The van der Waals surface area contributed by atoms with E-state index >= 15 is 0 Å². The Bertz CT molecular complexity index is 889. The van der Waals surface area contributed by atoms with Gasteiger partial charge in [-0.3, -0.25) is 0 Å². The summed E-state index contributed by atoms with van der Waals surface area (Å²) in [7, 11) is 0. The maximum Gasteiger partial charge on any atom is 0.335 e. The summed E-state index contributed by atoms with van der Waals surface area (Å²) in [5.74, 6) is 0.312. The molecule has 5 rings (SSSR count). The number of carboxylic acid groups (broad SMARTS) is 1. The molecule has 5 unspecified atom stereocenters. The van der Waals surface area contributed by atoms with Crippen molar-refractivity contribution >= 4 is 5.97 Å². The van der Waals surface area contributed by atoms with Crippen molar-refractivity contribution in [1.82, 2.24) is 0 Å². The predicted molar refractivity (Wildman–Crippen MR) is 112 cm³/mol. The molecule has 1 aliphatic heterocycles. The Morgan fingerprint density at radius 2 is 1.88 bits per heavy atom. The first-order valence-electron chi connectivity index (χ1n) is 11.6. The topological polar surface area (TPSA) is 137 Å². The van der Waals surface area contributed by atoms with E-state index in [0.717, 1.165) is 38.5 Å². The van der Waals surface area contributed by atoms with Crippen LogP contribution in [-0.2, 0) is 20.7 Å². The fourth-order valence-corrected chi connectivity index (χ4v) is 7.07. The molecule has 32 heavy (non-hydrogen) atoms. The minimum Gasteiger partial charge on any atom is -0.508 e. The Hall–Kier alpha value is -1.71. The molecule has 8 heteroatoms. The number of aliphatic hydroxyl groups is 3. The van der Waals surface area contributed by atoms with Crippen LogP contribution < -0.4 is 0 Å². The van der Waals surface area contributed by atoms with Crippen LogP contribution in [0.2, 0.25) is 0 Å². The number of aromatic hydroxyl groups is 1. The third kappa shape index (κ3) is 3.35. The highest BCUT2D eigenvalue weighted by molar-refractivity contribution is 5.73. The zero-order chi connectivity index (χ0) is 22.8. The molecule has 2 saturated carbocycles. The first kappa shape index (κ1) is 22.1. The van der Waals surface area contributed by atoms with E-state index in [1.807, 2.05) is 6.07 Å². The van der Waals surface area contributed by atoms with Gasteiger partial charge in [-0.15, -0.1) is 0 Å². The van der Waals surface area contributed by atoms with Gasteiger partial charge >= 0.3 is 5.97 Å². The van der Waals surface area contributed by atoms with Gasteiger partial charge in [-0.1, -0.05) is 13.0 Å². The molecule has 4 aliphatic rings. The highest BCUT2D eigenvalue weighted by atomic mass is 16.7. The Morgan fingerprint density at radius 1 is 1.09 bits per heavy atom. The summed E-state index contributed by atoms with van der Waals surface area (Å²) < 4.78 is 11.5. The minimum absolute atomic E-state index is 0.140. The number of aliphatic hydroxyl groups excluding tert-OH is 3. The van der Waals surface area contributed by atoms with E-state index in [4.69, 9.17) is 9.47 Å². The molecule has 8 nitrogen and oxygen atoms in total. The number of aliphatic carboxylic acids is 1. The van der Waals surface area contributed by atoms with E-state index < -0.39 is 36.7 Å². The highest BCUT2D eigenvalue weighted by Gasteiger charge is 2.57. The van der Waals surface area contributed by atoms with E-state index in [2.05, 4.69) is 13.0 Å². The molecule has 0 aromatic heterocycles. The third-order valence-electron chi connectivity index (χ3n) is 8.73. The van der Waals surface area contributed by atoms with Crippen LogP contribution in [0.1, 0.15) is 56.1 Å². The zero-order valence-electron chi connectivity index (χ0n) is 18.1. The lowest BCUT2D eigenvalue weighted by atomic mass is 9.55. The normalized spacial score (nSPS) is 45.6. The van der Waals surface area contributed by atoms with Crippen LogP contribution >= 0.6 is 0 Å². The van der Waals surface area contributed by atoms with Crippen molar-refractivity contribution in [3.8, 4) is 5.75 Å². The average molecular weight is 449 g/mol. The van der Waals surface area contributed by atoms with Crippen LogP contribution in [0.3, 0.4) is 0 Å². The number of phenolic OH excluding ortho intramolecular Hbond substituents is 1. The van der Waals surface area contributed by atoms with Gasteiger partial charge in [0.2, 0.25) is 0 Å². The molecular formula is C24H32O8. The molecule has 1 saturated heterocycles. The summed E-state index contributed by atoms with van der Waals surface area (Å²) in [6, 6.07) is 5.73. The Kier molecular flexibility index (Phi) is 5.49. The second-order valence-corrected chi connectivity index (χ2v) is 10.3. The zero-order valence-corrected chi connectivity index (χ0v) is 18.1. The Labute approximate surface area is 186 Å². The van der Waals surface area contributed by atoms with Crippen molar-refractivity contribution in [1.29, 1.82) is 0 Å². The van der Waals surface area contributed by atoms with Crippen LogP contribution in [0.4, 0.5) is 0 Å². The van der Waals surface area contributed by atoms with Crippen molar-refractivity contribution in [3.63, 3.8) is 0 Å². The average Bonchev–Trinajstić information content (AvgIpc) is 3.09. The number of hydrogen-bond donors (Lipinski definition) is 5. The Balaban J connectivity index is 1.34. The number of benzene rings is 1. The molecule has 0 bridgehead atoms. The largest absolute Gasteiger partial charge is 0.508 e.